The van der Waals surface area contributed by atoms with Gasteiger partial charge in [-0.25, -0.2) is 9.78 Å². The number of pyridine rings is 1. The minimum absolute atomic E-state index is 0.0432. The molecule has 1 aliphatic carbocycles. The highest BCUT2D eigenvalue weighted by molar-refractivity contribution is 6.30. The number of alkyl halides is 3. The Hall–Kier alpha value is -4.75. The Morgan fingerprint density at radius 1 is 1.02 bits per heavy atom. The maximum atomic E-state index is 13.6. The van der Waals surface area contributed by atoms with Crippen molar-refractivity contribution in [2.24, 2.45) is 0 Å². The van der Waals surface area contributed by atoms with Gasteiger partial charge in [-0.1, -0.05) is 54.1 Å². The standard InChI is InChI=1S/C30H29ClN6O2.C2HF3O2/c31-24-8-6-23(7-9-24)30(10-11-30)19-36-28-29(39)37(26(17-35-28)21-4-2-1-3-5-21)18-27(38)34-14-20-12-22-15-32-16-25(22)33-13-20;3-2(4,5)1(6)7/h1-9,12-13,17,32H,10-11,14-16,18-19H2,(H,34,38)(H,35,36);(H,6,7). The van der Waals surface area contributed by atoms with Crippen LogP contribution in [0.2, 0.25) is 5.02 Å². The molecule has 0 unspecified atom stereocenters. The number of carboxylic acid groups (broad SMARTS) is 1. The van der Waals surface area contributed by atoms with Crippen LogP contribution in [-0.4, -0.2) is 44.2 Å². The molecule has 3 heterocycles. The lowest BCUT2D eigenvalue weighted by molar-refractivity contribution is -0.192. The molecule has 0 spiro atoms. The van der Waals surface area contributed by atoms with Gasteiger partial charge in [0.25, 0.3) is 5.56 Å². The molecule has 1 saturated carbocycles. The first-order valence-corrected chi connectivity index (χ1v) is 14.7. The zero-order chi connectivity index (χ0) is 32.9. The molecule has 4 aromatic rings. The lowest BCUT2D eigenvalue weighted by Gasteiger charge is -2.19. The average Bonchev–Trinajstić information content (AvgIpc) is 3.68. The summed E-state index contributed by atoms with van der Waals surface area (Å²) >= 11 is 6.07. The van der Waals surface area contributed by atoms with Crippen LogP contribution < -0.4 is 21.5 Å². The van der Waals surface area contributed by atoms with Gasteiger partial charge < -0.3 is 21.1 Å². The second kappa shape index (κ2) is 13.7. The number of fused-ring (bicyclic) bond motifs is 1. The largest absolute Gasteiger partial charge is 0.490 e. The Balaban J connectivity index is 0.000000537. The highest BCUT2D eigenvalue weighted by Crippen LogP contribution is 2.48. The summed E-state index contributed by atoms with van der Waals surface area (Å²) < 4.78 is 33.2. The van der Waals surface area contributed by atoms with Crippen LogP contribution in [0.15, 0.2) is 77.9 Å². The normalized spacial score (nSPS) is 14.4. The third-order valence-corrected chi connectivity index (χ3v) is 8.04. The fourth-order valence-corrected chi connectivity index (χ4v) is 5.22. The van der Waals surface area contributed by atoms with Crippen LogP contribution >= 0.6 is 11.6 Å². The van der Waals surface area contributed by atoms with E-state index in [1.807, 2.05) is 54.6 Å². The van der Waals surface area contributed by atoms with Gasteiger partial charge in [0, 0.05) is 42.8 Å². The third kappa shape index (κ3) is 7.90. The van der Waals surface area contributed by atoms with Crippen LogP contribution in [0, 0.1) is 0 Å². The number of rotatable bonds is 9. The number of benzene rings is 2. The summed E-state index contributed by atoms with van der Waals surface area (Å²) in [6, 6.07) is 19.4. The lowest BCUT2D eigenvalue weighted by Crippen LogP contribution is -2.35. The molecule has 0 bridgehead atoms. The van der Waals surface area contributed by atoms with Gasteiger partial charge in [0.1, 0.15) is 6.54 Å². The topological polar surface area (TPSA) is 138 Å². The fourth-order valence-electron chi connectivity index (χ4n) is 5.09. The van der Waals surface area contributed by atoms with E-state index in [4.69, 9.17) is 21.5 Å². The summed E-state index contributed by atoms with van der Waals surface area (Å²) in [6.07, 6.45) is 0.407. The van der Waals surface area contributed by atoms with Crippen molar-refractivity contribution < 1.29 is 27.9 Å². The van der Waals surface area contributed by atoms with E-state index in [2.05, 4.69) is 32.0 Å². The Bertz CT molecular complexity index is 1780. The van der Waals surface area contributed by atoms with Gasteiger partial charge in [0.05, 0.1) is 17.6 Å². The number of carbonyl (C=O) groups is 2. The van der Waals surface area contributed by atoms with Crippen LogP contribution in [-0.2, 0) is 41.2 Å². The van der Waals surface area contributed by atoms with Gasteiger partial charge in [0.2, 0.25) is 5.91 Å². The van der Waals surface area contributed by atoms with Crippen molar-refractivity contribution in [1.82, 2.24) is 25.2 Å². The second-order valence-electron chi connectivity index (χ2n) is 11.0. The van der Waals surface area contributed by atoms with Crippen molar-refractivity contribution in [3.05, 3.63) is 111 Å². The summed E-state index contributed by atoms with van der Waals surface area (Å²) in [5.74, 6) is -2.78. The second-order valence-corrected chi connectivity index (χ2v) is 11.5. The predicted molar refractivity (Wildman–Crippen MR) is 165 cm³/mol. The maximum Gasteiger partial charge on any atom is 0.490 e. The van der Waals surface area contributed by atoms with Gasteiger partial charge in [-0.2, -0.15) is 13.2 Å². The van der Waals surface area contributed by atoms with Gasteiger partial charge in [-0.3, -0.25) is 19.1 Å². The summed E-state index contributed by atoms with van der Waals surface area (Å²) in [4.78, 5) is 44.5. The number of carbonyl (C=O) groups excluding carboxylic acids is 1. The molecule has 4 N–H and O–H groups in total. The average molecular weight is 655 g/mol. The van der Waals surface area contributed by atoms with Crippen LogP contribution in [0.5, 0.6) is 0 Å². The minimum atomic E-state index is -5.08. The Morgan fingerprint density at radius 2 is 1.72 bits per heavy atom. The summed E-state index contributed by atoms with van der Waals surface area (Å²) in [5.41, 5.74) is 5.35. The van der Waals surface area contributed by atoms with E-state index in [0.29, 0.717) is 23.8 Å². The van der Waals surface area contributed by atoms with Crippen molar-refractivity contribution in [2.75, 3.05) is 11.9 Å². The summed E-state index contributed by atoms with van der Waals surface area (Å²) in [6.45, 7) is 2.35. The van der Waals surface area contributed by atoms with Crippen LogP contribution in [0.25, 0.3) is 11.3 Å². The van der Waals surface area contributed by atoms with E-state index in [-0.39, 0.29) is 29.2 Å². The lowest BCUT2D eigenvalue weighted by atomic mass is 9.96. The van der Waals surface area contributed by atoms with Gasteiger partial charge >= 0.3 is 12.1 Å². The predicted octanol–water partition coefficient (Wildman–Crippen LogP) is 4.66. The minimum Gasteiger partial charge on any atom is -0.475 e. The van der Waals surface area contributed by atoms with Gasteiger partial charge in [-0.05, 0) is 53.3 Å². The third-order valence-electron chi connectivity index (χ3n) is 7.79. The molecule has 10 nitrogen and oxygen atoms in total. The van der Waals surface area contributed by atoms with Crippen LogP contribution in [0.1, 0.15) is 35.2 Å². The molecule has 0 radical (unpaired) electrons. The Labute approximate surface area is 266 Å². The van der Waals surface area contributed by atoms with E-state index < -0.39 is 12.1 Å². The molecule has 46 heavy (non-hydrogen) atoms. The number of carboxylic acids is 1. The van der Waals surface area contributed by atoms with Crippen LogP contribution in [0.4, 0.5) is 19.0 Å². The number of aromatic nitrogens is 3. The van der Waals surface area contributed by atoms with Crippen molar-refractivity contribution in [3.63, 3.8) is 0 Å². The highest BCUT2D eigenvalue weighted by atomic mass is 35.5. The van der Waals surface area contributed by atoms with Crippen molar-refractivity contribution in [1.29, 1.82) is 0 Å². The van der Waals surface area contributed by atoms with E-state index in [1.54, 1.807) is 12.4 Å². The number of amides is 1. The van der Waals surface area contributed by atoms with E-state index in [0.717, 1.165) is 48.3 Å². The quantitative estimate of drug-likeness (QED) is 0.205. The Kier molecular flexibility index (Phi) is 9.73. The van der Waals surface area contributed by atoms with Crippen molar-refractivity contribution in [3.8, 4) is 11.3 Å². The fraction of sp³-hybridized carbons (Fsp3) is 0.281. The van der Waals surface area contributed by atoms with Gasteiger partial charge in [-0.15, -0.1) is 0 Å². The molecule has 14 heteroatoms. The number of hydrogen-bond acceptors (Lipinski definition) is 7. The molecule has 0 saturated heterocycles. The number of hydrogen-bond donors (Lipinski definition) is 4. The van der Waals surface area contributed by atoms with Gasteiger partial charge in [0.15, 0.2) is 5.82 Å². The molecule has 2 aromatic heterocycles. The summed E-state index contributed by atoms with van der Waals surface area (Å²) in [7, 11) is 0. The zero-order valence-corrected chi connectivity index (χ0v) is 25.2. The number of nitrogens with zero attached hydrogens (tertiary/aromatic N) is 3. The number of nitrogens with one attached hydrogen (secondary N) is 3. The molecule has 2 aromatic carbocycles. The first-order valence-electron chi connectivity index (χ1n) is 14.3. The Morgan fingerprint density at radius 3 is 2.37 bits per heavy atom. The molecule has 1 aliphatic heterocycles. The molecule has 1 fully saturated rings. The van der Waals surface area contributed by atoms with Crippen molar-refractivity contribution >= 4 is 29.3 Å². The van der Waals surface area contributed by atoms with E-state index in [1.165, 1.54) is 10.1 Å². The maximum absolute atomic E-state index is 13.6. The van der Waals surface area contributed by atoms with E-state index >= 15 is 0 Å². The number of aliphatic carboxylic acids is 1. The first kappa shape index (κ1) is 32.6. The number of halogens is 4. The molecule has 6 rings (SSSR count). The van der Waals surface area contributed by atoms with Crippen LogP contribution in [0.3, 0.4) is 0 Å². The first-order chi connectivity index (χ1) is 21.9. The summed E-state index contributed by atoms with van der Waals surface area (Å²) in [5, 5.41) is 17.3. The SMILES string of the molecule is O=C(Cn1c(-c2ccccc2)cnc(NCC2(c3ccc(Cl)cc3)CC2)c1=O)NCc1cnc2c(c1)CNC2.O=C(O)C(F)(F)F. The highest BCUT2D eigenvalue weighted by Gasteiger charge is 2.44. The molecule has 2 aliphatic rings. The molecule has 1 amide bonds. The smallest absolute Gasteiger partial charge is 0.475 e. The van der Waals surface area contributed by atoms with Crippen molar-refractivity contribution in [2.45, 2.75) is 50.6 Å². The zero-order valence-electron chi connectivity index (χ0n) is 24.4. The number of anilines is 1. The van der Waals surface area contributed by atoms with E-state index in [9.17, 15) is 22.8 Å². The molecular formula is C32H30ClF3N6O4. The molecule has 0 atom stereocenters. The molecular weight excluding hydrogens is 625 g/mol. The monoisotopic (exact) mass is 654 g/mol. The molecule has 240 valence electrons.